The Morgan fingerprint density at radius 1 is 1.21 bits per heavy atom. The molecule has 0 radical (unpaired) electrons. The van der Waals surface area contributed by atoms with Crippen LogP contribution in [0.2, 0.25) is 0 Å². The second-order valence-electron chi connectivity index (χ2n) is 6.28. The number of furan rings is 1. The molecule has 1 aliphatic heterocycles. The second-order valence-corrected chi connectivity index (χ2v) is 6.28. The Morgan fingerprint density at radius 2 is 2.00 bits per heavy atom. The van der Waals surface area contributed by atoms with Crippen LogP contribution in [0.15, 0.2) is 53.1 Å². The quantitative estimate of drug-likeness (QED) is 0.917. The van der Waals surface area contributed by atoms with Crippen molar-refractivity contribution >= 4 is 5.91 Å². The van der Waals surface area contributed by atoms with E-state index in [9.17, 15) is 4.79 Å². The van der Waals surface area contributed by atoms with E-state index in [0.29, 0.717) is 19.7 Å². The first-order chi connectivity index (χ1) is 11.6. The molecule has 0 saturated carbocycles. The highest BCUT2D eigenvalue weighted by molar-refractivity contribution is 5.78. The monoisotopic (exact) mass is 328 g/mol. The molecule has 1 N–H and O–H groups in total. The third kappa shape index (κ3) is 3.86. The van der Waals surface area contributed by atoms with Crippen molar-refractivity contribution in [3.05, 3.63) is 60.1 Å². The van der Waals surface area contributed by atoms with E-state index in [0.717, 1.165) is 11.3 Å². The SMILES string of the molecule is CC1COC(c2ccccc2)C(C)N1CC(=O)NCc1ccco1. The first kappa shape index (κ1) is 16.7. The number of hydrogen-bond donors (Lipinski definition) is 1. The number of morpholine rings is 1. The van der Waals surface area contributed by atoms with E-state index < -0.39 is 0 Å². The van der Waals surface area contributed by atoms with E-state index in [4.69, 9.17) is 9.15 Å². The molecule has 1 aromatic carbocycles. The average molecular weight is 328 g/mol. The second kappa shape index (κ2) is 7.64. The predicted molar refractivity (Wildman–Crippen MR) is 91.3 cm³/mol. The number of amides is 1. The van der Waals surface area contributed by atoms with Gasteiger partial charge in [-0.15, -0.1) is 0 Å². The molecular weight excluding hydrogens is 304 g/mol. The van der Waals surface area contributed by atoms with Gasteiger partial charge in [-0.2, -0.15) is 0 Å². The zero-order valence-corrected chi connectivity index (χ0v) is 14.1. The first-order valence-electron chi connectivity index (χ1n) is 8.36. The zero-order chi connectivity index (χ0) is 16.9. The van der Waals surface area contributed by atoms with Crippen molar-refractivity contribution in [3.63, 3.8) is 0 Å². The lowest BCUT2D eigenvalue weighted by Crippen LogP contribution is -2.54. The van der Waals surface area contributed by atoms with E-state index in [1.54, 1.807) is 6.26 Å². The van der Waals surface area contributed by atoms with Gasteiger partial charge in [-0.1, -0.05) is 30.3 Å². The minimum absolute atomic E-state index is 0.00110. The Bertz CT molecular complexity index is 642. The number of carbonyl (C=O) groups excluding carboxylic acids is 1. The van der Waals surface area contributed by atoms with E-state index in [1.165, 1.54) is 0 Å². The van der Waals surface area contributed by atoms with Gasteiger partial charge < -0.3 is 14.5 Å². The molecule has 3 rings (SSSR count). The van der Waals surface area contributed by atoms with Crippen LogP contribution in [0.3, 0.4) is 0 Å². The Hall–Kier alpha value is -2.11. The third-order valence-electron chi connectivity index (χ3n) is 4.54. The minimum Gasteiger partial charge on any atom is -0.467 e. The van der Waals surface area contributed by atoms with Crippen LogP contribution in [-0.4, -0.2) is 36.0 Å². The molecule has 1 aliphatic rings. The first-order valence-corrected chi connectivity index (χ1v) is 8.36. The van der Waals surface area contributed by atoms with Crippen LogP contribution >= 0.6 is 0 Å². The highest BCUT2D eigenvalue weighted by atomic mass is 16.5. The summed E-state index contributed by atoms with van der Waals surface area (Å²) in [4.78, 5) is 14.5. The number of carbonyl (C=O) groups is 1. The van der Waals surface area contributed by atoms with Crippen LogP contribution in [-0.2, 0) is 16.1 Å². The normalized spacial score (nSPS) is 24.7. The molecule has 1 saturated heterocycles. The number of benzene rings is 1. The van der Waals surface area contributed by atoms with Gasteiger partial charge in [0, 0.05) is 12.1 Å². The molecule has 5 heteroatoms. The summed E-state index contributed by atoms with van der Waals surface area (Å²) in [6.45, 7) is 5.61. The number of nitrogens with one attached hydrogen (secondary N) is 1. The van der Waals surface area contributed by atoms with Crippen LogP contribution < -0.4 is 5.32 Å². The largest absolute Gasteiger partial charge is 0.467 e. The summed E-state index contributed by atoms with van der Waals surface area (Å²) in [6, 6.07) is 14.2. The maximum absolute atomic E-state index is 12.3. The molecular formula is C19H24N2O3. The maximum Gasteiger partial charge on any atom is 0.234 e. The summed E-state index contributed by atoms with van der Waals surface area (Å²) >= 11 is 0. The lowest BCUT2D eigenvalue weighted by atomic mass is 9.98. The Balaban J connectivity index is 1.61. The van der Waals surface area contributed by atoms with Crippen molar-refractivity contribution in [2.75, 3.05) is 13.2 Å². The van der Waals surface area contributed by atoms with Crippen LogP contribution in [0.25, 0.3) is 0 Å². The topological polar surface area (TPSA) is 54.7 Å². The molecule has 1 amide bonds. The van der Waals surface area contributed by atoms with Gasteiger partial charge in [-0.25, -0.2) is 0 Å². The van der Waals surface area contributed by atoms with Crippen molar-refractivity contribution in [1.29, 1.82) is 0 Å². The van der Waals surface area contributed by atoms with E-state index >= 15 is 0 Å². The van der Waals surface area contributed by atoms with Crippen LogP contribution in [0, 0.1) is 0 Å². The van der Waals surface area contributed by atoms with Crippen molar-refractivity contribution in [3.8, 4) is 0 Å². The number of ether oxygens (including phenoxy) is 1. The lowest BCUT2D eigenvalue weighted by Gasteiger charge is -2.43. The Morgan fingerprint density at radius 3 is 2.71 bits per heavy atom. The summed E-state index contributed by atoms with van der Waals surface area (Å²) in [5.74, 6) is 0.757. The molecule has 3 atom stereocenters. The molecule has 0 spiro atoms. The number of hydrogen-bond acceptors (Lipinski definition) is 4. The van der Waals surface area contributed by atoms with Gasteiger partial charge in [-0.3, -0.25) is 9.69 Å². The van der Waals surface area contributed by atoms with Crippen LogP contribution in [0.5, 0.6) is 0 Å². The molecule has 2 aromatic rings. The summed E-state index contributed by atoms with van der Waals surface area (Å²) < 4.78 is 11.3. The summed E-state index contributed by atoms with van der Waals surface area (Å²) in [5.41, 5.74) is 1.15. The van der Waals surface area contributed by atoms with Gasteiger partial charge >= 0.3 is 0 Å². The highest BCUT2D eigenvalue weighted by Gasteiger charge is 2.35. The average Bonchev–Trinajstić information content (AvgIpc) is 3.11. The summed E-state index contributed by atoms with van der Waals surface area (Å²) in [7, 11) is 0. The van der Waals surface area contributed by atoms with Gasteiger partial charge in [0.1, 0.15) is 5.76 Å². The van der Waals surface area contributed by atoms with Crippen molar-refractivity contribution in [2.24, 2.45) is 0 Å². The van der Waals surface area contributed by atoms with Crippen LogP contribution in [0.4, 0.5) is 0 Å². The Kier molecular flexibility index (Phi) is 5.33. The fourth-order valence-electron chi connectivity index (χ4n) is 3.19. The maximum atomic E-state index is 12.3. The van der Waals surface area contributed by atoms with E-state index in [-0.39, 0.29) is 24.1 Å². The van der Waals surface area contributed by atoms with Crippen molar-refractivity contribution in [1.82, 2.24) is 10.2 Å². The fraction of sp³-hybridized carbons (Fsp3) is 0.421. The molecule has 5 nitrogen and oxygen atoms in total. The van der Waals surface area contributed by atoms with Gasteiger partial charge in [-0.05, 0) is 31.5 Å². The number of rotatable bonds is 5. The highest BCUT2D eigenvalue weighted by Crippen LogP contribution is 2.30. The van der Waals surface area contributed by atoms with Gasteiger partial charge in [0.05, 0.1) is 32.1 Å². The standard InChI is InChI=1S/C19H24N2O3/c1-14-13-24-19(16-7-4-3-5-8-16)15(2)21(14)12-18(22)20-11-17-9-6-10-23-17/h3-10,14-15,19H,11-13H2,1-2H3,(H,20,22). The molecule has 0 bridgehead atoms. The molecule has 128 valence electrons. The van der Waals surface area contributed by atoms with Gasteiger partial charge in [0.25, 0.3) is 0 Å². The molecule has 1 fully saturated rings. The minimum atomic E-state index is -0.0136. The Labute approximate surface area is 142 Å². The van der Waals surface area contributed by atoms with E-state index in [1.807, 2.05) is 30.3 Å². The zero-order valence-electron chi connectivity index (χ0n) is 14.1. The number of nitrogens with zero attached hydrogens (tertiary/aromatic N) is 1. The van der Waals surface area contributed by atoms with Gasteiger partial charge in [0.15, 0.2) is 0 Å². The molecule has 2 heterocycles. The molecule has 1 aromatic heterocycles. The summed E-state index contributed by atoms with van der Waals surface area (Å²) in [5, 5.41) is 2.91. The lowest BCUT2D eigenvalue weighted by molar-refractivity contribution is -0.132. The molecule has 24 heavy (non-hydrogen) atoms. The third-order valence-corrected chi connectivity index (χ3v) is 4.54. The van der Waals surface area contributed by atoms with Crippen molar-refractivity contribution < 1.29 is 13.9 Å². The smallest absolute Gasteiger partial charge is 0.234 e. The molecule has 0 aliphatic carbocycles. The van der Waals surface area contributed by atoms with E-state index in [2.05, 4.69) is 36.2 Å². The molecule has 3 unspecified atom stereocenters. The van der Waals surface area contributed by atoms with Gasteiger partial charge in [0.2, 0.25) is 5.91 Å². The van der Waals surface area contributed by atoms with Crippen LogP contribution in [0.1, 0.15) is 31.3 Å². The predicted octanol–water partition coefficient (Wildman–Crippen LogP) is 2.75. The fourth-order valence-corrected chi connectivity index (χ4v) is 3.19. The van der Waals surface area contributed by atoms with Crippen molar-refractivity contribution in [2.45, 2.75) is 38.6 Å². The summed E-state index contributed by atoms with van der Waals surface area (Å²) in [6.07, 6.45) is 1.60.